The van der Waals surface area contributed by atoms with Gasteiger partial charge in [0.2, 0.25) is 0 Å². The van der Waals surface area contributed by atoms with Gasteiger partial charge in [0.05, 0.1) is 19.0 Å². The zero-order valence-corrected chi connectivity index (χ0v) is 14.0. The van der Waals surface area contributed by atoms with Crippen molar-refractivity contribution in [3.8, 4) is 0 Å². The quantitative estimate of drug-likeness (QED) is 0.840. The number of hydrogen-bond acceptors (Lipinski definition) is 6. The molecule has 3 heterocycles. The summed E-state index contributed by atoms with van der Waals surface area (Å²) in [7, 11) is 1.85. The predicted octanol–water partition coefficient (Wildman–Crippen LogP) is 0.149. The summed E-state index contributed by atoms with van der Waals surface area (Å²) in [6.45, 7) is 4.90. The number of carbonyl (C=O) groups is 1. The van der Waals surface area contributed by atoms with Crippen LogP contribution >= 0.6 is 0 Å². The number of nitrogens with zero attached hydrogens (tertiary/aromatic N) is 5. The van der Waals surface area contributed by atoms with Crippen molar-refractivity contribution in [2.45, 2.75) is 19.6 Å². The van der Waals surface area contributed by atoms with Gasteiger partial charge in [0.15, 0.2) is 0 Å². The summed E-state index contributed by atoms with van der Waals surface area (Å²) in [5.41, 5.74) is 1.50. The molecule has 0 radical (unpaired) electrons. The molecule has 0 aromatic carbocycles. The van der Waals surface area contributed by atoms with Crippen LogP contribution in [-0.2, 0) is 18.3 Å². The molecule has 2 aromatic heterocycles. The third-order valence-corrected chi connectivity index (χ3v) is 3.89. The fourth-order valence-corrected chi connectivity index (χ4v) is 2.60. The zero-order valence-electron chi connectivity index (χ0n) is 14.0. The van der Waals surface area contributed by atoms with Gasteiger partial charge in [-0.15, -0.1) is 0 Å². The van der Waals surface area contributed by atoms with Crippen LogP contribution in [-0.4, -0.2) is 62.7 Å². The first-order chi connectivity index (χ1) is 11.6. The molecular formula is C16H22N6O2. The van der Waals surface area contributed by atoms with Crippen molar-refractivity contribution in [1.29, 1.82) is 0 Å². The average molecular weight is 330 g/mol. The number of ether oxygens (including phenoxy) is 1. The van der Waals surface area contributed by atoms with E-state index in [0.29, 0.717) is 38.5 Å². The minimum Gasteiger partial charge on any atom is -0.373 e. The van der Waals surface area contributed by atoms with Gasteiger partial charge in [0, 0.05) is 57.4 Å². The van der Waals surface area contributed by atoms with Crippen molar-refractivity contribution >= 4 is 5.91 Å². The molecule has 1 N–H and O–H groups in total. The highest BCUT2D eigenvalue weighted by Gasteiger charge is 2.25. The lowest BCUT2D eigenvalue weighted by Gasteiger charge is -2.32. The molecule has 0 spiro atoms. The number of aromatic nitrogens is 4. The van der Waals surface area contributed by atoms with Crippen LogP contribution in [0.3, 0.4) is 0 Å². The van der Waals surface area contributed by atoms with Crippen LogP contribution in [0.2, 0.25) is 0 Å². The van der Waals surface area contributed by atoms with Gasteiger partial charge in [-0.1, -0.05) is 0 Å². The maximum Gasteiger partial charge on any atom is 0.274 e. The first-order valence-electron chi connectivity index (χ1n) is 7.99. The number of amides is 1. The molecule has 2 aromatic rings. The summed E-state index contributed by atoms with van der Waals surface area (Å²) in [4.78, 5) is 26.7. The fourth-order valence-electron chi connectivity index (χ4n) is 2.60. The van der Waals surface area contributed by atoms with E-state index in [2.05, 4.69) is 20.3 Å². The topological polar surface area (TPSA) is 85.2 Å². The molecule has 3 rings (SSSR count). The van der Waals surface area contributed by atoms with E-state index in [1.54, 1.807) is 22.0 Å². The van der Waals surface area contributed by atoms with Gasteiger partial charge in [0.25, 0.3) is 5.91 Å². The lowest BCUT2D eigenvalue weighted by molar-refractivity contribution is -0.0206. The number of carbonyl (C=O) groups excluding carboxylic acids is 1. The molecule has 128 valence electrons. The van der Waals surface area contributed by atoms with Crippen LogP contribution in [0.15, 0.2) is 24.9 Å². The standard InChI is InChI=1S/C16H22N6O2/c1-12-18-6-13(7-19-12)5-17-8-14-9-22(3-4-24-14)16(23)15-10-21(2)11-20-15/h6-7,10-11,14,17H,3-5,8-9H2,1-2H3. The predicted molar refractivity (Wildman–Crippen MR) is 87.3 cm³/mol. The van der Waals surface area contributed by atoms with E-state index in [1.807, 2.05) is 26.4 Å². The molecule has 1 aliphatic heterocycles. The number of rotatable bonds is 5. The van der Waals surface area contributed by atoms with E-state index in [-0.39, 0.29) is 12.0 Å². The number of morpholine rings is 1. The van der Waals surface area contributed by atoms with Gasteiger partial charge >= 0.3 is 0 Å². The van der Waals surface area contributed by atoms with Gasteiger partial charge in [-0.25, -0.2) is 15.0 Å². The molecule has 1 atom stereocenters. The Morgan fingerprint density at radius 1 is 1.38 bits per heavy atom. The van der Waals surface area contributed by atoms with Crippen LogP contribution in [0, 0.1) is 6.92 Å². The van der Waals surface area contributed by atoms with Gasteiger partial charge in [-0.2, -0.15) is 0 Å². The second-order valence-electron chi connectivity index (χ2n) is 5.94. The van der Waals surface area contributed by atoms with Crippen molar-refractivity contribution in [2.75, 3.05) is 26.2 Å². The third-order valence-electron chi connectivity index (χ3n) is 3.89. The summed E-state index contributed by atoms with van der Waals surface area (Å²) in [5.74, 6) is 0.717. The van der Waals surface area contributed by atoms with Crippen LogP contribution in [0.4, 0.5) is 0 Å². The van der Waals surface area contributed by atoms with Gasteiger partial charge < -0.3 is 19.5 Å². The molecule has 1 saturated heterocycles. The molecule has 1 aliphatic rings. The molecule has 1 fully saturated rings. The number of hydrogen-bond donors (Lipinski definition) is 1. The number of aryl methyl sites for hydroxylation is 2. The Morgan fingerprint density at radius 3 is 2.88 bits per heavy atom. The molecule has 0 bridgehead atoms. The monoisotopic (exact) mass is 330 g/mol. The SMILES string of the molecule is Cc1ncc(CNCC2CN(C(=O)c3cn(C)cn3)CCO2)cn1. The molecular weight excluding hydrogens is 308 g/mol. The molecule has 8 heteroatoms. The summed E-state index contributed by atoms with van der Waals surface area (Å²) in [6.07, 6.45) is 6.97. The second-order valence-corrected chi connectivity index (χ2v) is 5.94. The lowest BCUT2D eigenvalue weighted by atomic mass is 10.2. The van der Waals surface area contributed by atoms with Crippen LogP contribution in [0.5, 0.6) is 0 Å². The molecule has 1 unspecified atom stereocenters. The van der Waals surface area contributed by atoms with E-state index >= 15 is 0 Å². The van der Waals surface area contributed by atoms with Crippen LogP contribution < -0.4 is 5.32 Å². The average Bonchev–Trinajstić information content (AvgIpc) is 3.03. The molecule has 0 saturated carbocycles. The Morgan fingerprint density at radius 2 is 2.17 bits per heavy atom. The maximum absolute atomic E-state index is 12.4. The normalized spacial score (nSPS) is 17.9. The van der Waals surface area contributed by atoms with Crippen molar-refractivity contribution < 1.29 is 9.53 Å². The lowest BCUT2D eigenvalue weighted by Crippen LogP contribution is -2.49. The Kier molecular flexibility index (Phi) is 5.17. The number of imidazole rings is 1. The third kappa shape index (κ3) is 4.15. The minimum atomic E-state index is -0.0455. The molecule has 1 amide bonds. The second kappa shape index (κ2) is 7.50. The summed E-state index contributed by atoms with van der Waals surface area (Å²) >= 11 is 0. The van der Waals surface area contributed by atoms with Crippen molar-refractivity contribution in [3.63, 3.8) is 0 Å². The van der Waals surface area contributed by atoms with Crippen molar-refractivity contribution in [3.05, 3.63) is 42.0 Å². The number of nitrogens with one attached hydrogen (secondary N) is 1. The van der Waals surface area contributed by atoms with Gasteiger partial charge in [0.1, 0.15) is 11.5 Å². The van der Waals surface area contributed by atoms with Crippen molar-refractivity contribution in [2.24, 2.45) is 7.05 Å². The Labute approximate surface area is 140 Å². The highest BCUT2D eigenvalue weighted by Crippen LogP contribution is 2.09. The molecule has 0 aliphatic carbocycles. The highest BCUT2D eigenvalue weighted by atomic mass is 16.5. The van der Waals surface area contributed by atoms with E-state index in [4.69, 9.17) is 4.74 Å². The summed E-state index contributed by atoms with van der Waals surface area (Å²) in [5, 5.41) is 3.33. The molecule has 24 heavy (non-hydrogen) atoms. The summed E-state index contributed by atoms with van der Waals surface area (Å²) < 4.78 is 7.52. The van der Waals surface area contributed by atoms with Gasteiger partial charge in [-0.3, -0.25) is 4.79 Å². The fraction of sp³-hybridized carbons (Fsp3) is 0.500. The minimum absolute atomic E-state index is 0.0298. The Hall–Kier alpha value is -2.32. The summed E-state index contributed by atoms with van der Waals surface area (Å²) in [6, 6.07) is 0. The van der Waals surface area contributed by atoms with Gasteiger partial charge in [-0.05, 0) is 6.92 Å². The maximum atomic E-state index is 12.4. The van der Waals surface area contributed by atoms with E-state index < -0.39 is 0 Å². The van der Waals surface area contributed by atoms with Crippen LogP contribution in [0.1, 0.15) is 21.9 Å². The first-order valence-corrected chi connectivity index (χ1v) is 7.99. The van der Waals surface area contributed by atoms with E-state index in [9.17, 15) is 4.79 Å². The highest BCUT2D eigenvalue weighted by molar-refractivity contribution is 5.92. The van der Waals surface area contributed by atoms with E-state index in [1.165, 1.54) is 0 Å². The largest absolute Gasteiger partial charge is 0.373 e. The smallest absolute Gasteiger partial charge is 0.274 e. The molecule has 8 nitrogen and oxygen atoms in total. The Bertz CT molecular complexity index is 684. The van der Waals surface area contributed by atoms with E-state index in [0.717, 1.165) is 11.4 Å². The first kappa shape index (κ1) is 16.5. The zero-order chi connectivity index (χ0) is 16.9. The van der Waals surface area contributed by atoms with Crippen molar-refractivity contribution in [1.82, 2.24) is 29.7 Å². The van der Waals surface area contributed by atoms with Crippen LogP contribution in [0.25, 0.3) is 0 Å². The Balaban J connectivity index is 1.48.